The minimum Gasteiger partial charge on any atom is -0.200 e. The number of pyridine rings is 1. The Morgan fingerprint density at radius 2 is 1.21 bits per heavy atom. The summed E-state index contributed by atoms with van der Waals surface area (Å²) in [5, 5.41) is 0. The van der Waals surface area contributed by atoms with Gasteiger partial charge in [-0.1, -0.05) is 77.2 Å². The Hall–Kier alpha value is -0.850. The third-order valence-corrected chi connectivity index (χ3v) is 6.04. The molecule has 0 unspecified atom stereocenters. The van der Waals surface area contributed by atoms with Crippen molar-refractivity contribution in [2.45, 2.75) is 115 Å². The smallest absolute Gasteiger partial charge is 0.169 e. The molecular weight excluding hydrogens is 290 g/mol. The van der Waals surface area contributed by atoms with Crippen LogP contribution >= 0.6 is 0 Å². The minimum absolute atomic E-state index is 0.430. The summed E-state index contributed by atoms with van der Waals surface area (Å²) in [6.07, 6.45) is 27.4. The van der Waals surface area contributed by atoms with Gasteiger partial charge in [-0.2, -0.15) is 4.57 Å². The van der Waals surface area contributed by atoms with Crippen LogP contribution < -0.4 is 4.57 Å². The highest BCUT2D eigenvalue weighted by atomic mass is 15.0. The van der Waals surface area contributed by atoms with Crippen molar-refractivity contribution in [2.24, 2.45) is 0 Å². The van der Waals surface area contributed by atoms with Crippen molar-refractivity contribution in [1.29, 1.82) is 0 Å². The SMILES string of the molecule is CCCCCCCCCCCCC1([n+]2ccccc2)CCCCC1. The van der Waals surface area contributed by atoms with Gasteiger partial charge in [0.1, 0.15) is 0 Å². The summed E-state index contributed by atoms with van der Waals surface area (Å²) >= 11 is 0. The van der Waals surface area contributed by atoms with E-state index in [1.807, 2.05) is 0 Å². The second-order valence-electron chi connectivity index (χ2n) is 8.00. The monoisotopic (exact) mass is 330 g/mol. The number of hydrogen-bond acceptors (Lipinski definition) is 0. The minimum atomic E-state index is 0.430. The van der Waals surface area contributed by atoms with Crippen LogP contribution in [0.5, 0.6) is 0 Å². The predicted octanol–water partition coefficient (Wildman–Crippen LogP) is 6.94. The van der Waals surface area contributed by atoms with Gasteiger partial charge in [-0.25, -0.2) is 0 Å². The highest BCUT2D eigenvalue weighted by Crippen LogP contribution is 2.35. The lowest BCUT2D eigenvalue weighted by molar-refractivity contribution is -0.769. The van der Waals surface area contributed by atoms with Gasteiger partial charge in [0.2, 0.25) is 0 Å². The Kier molecular flexibility index (Phi) is 9.46. The number of unbranched alkanes of at least 4 members (excludes halogenated alkanes) is 9. The number of rotatable bonds is 12. The molecule has 1 fully saturated rings. The van der Waals surface area contributed by atoms with Crippen molar-refractivity contribution in [3.8, 4) is 0 Å². The van der Waals surface area contributed by atoms with E-state index < -0.39 is 0 Å². The van der Waals surface area contributed by atoms with Gasteiger partial charge < -0.3 is 0 Å². The third-order valence-electron chi connectivity index (χ3n) is 6.04. The van der Waals surface area contributed by atoms with E-state index in [2.05, 4.69) is 42.1 Å². The second kappa shape index (κ2) is 11.7. The maximum Gasteiger partial charge on any atom is 0.169 e. The van der Waals surface area contributed by atoms with Gasteiger partial charge in [0, 0.05) is 31.4 Å². The first kappa shape index (κ1) is 19.5. The molecule has 0 saturated heterocycles. The average Bonchev–Trinajstić information content (AvgIpc) is 2.65. The molecule has 1 aliphatic carbocycles. The van der Waals surface area contributed by atoms with Crippen LogP contribution in [0.4, 0.5) is 0 Å². The van der Waals surface area contributed by atoms with Crippen LogP contribution in [0.2, 0.25) is 0 Å². The maximum atomic E-state index is 2.54. The van der Waals surface area contributed by atoms with E-state index in [9.17, 15) is 0 Å². The van der Waals surface area contributed by atoms with Crippen LogP contribution in [-0.4, -0.2) is 0 Å². The highest BCUT2D eigenvalue weighted by Gasteiger charge is 2.39. The average molecular weight is 331 g/mol. The summed E-state index contributed by atoms with van der Waals surface area (Å²) in [5.41, 5.74) is 0.430. The quantitative estimate of drug-likeness (QED) is 0.288. The van der Waals surface area contributed by atoms with Gasteiger partial charge in [-0.3, -0.25) is 0 Å². The van der Waals surface area contributed by atoms with E-state index in [4.69, 9.17) is 0 Å². The Bertz CT molecular complexity index is 405. The lowest BCUT2D eigenvalue weighted by atomic mass is 9.77. The highest BCUT2D eigenvalue weighted by molar-refractivity contribution is 4.87. The van der Waals surface area contributed by atoms with E-state index in [0.29, 0.717) is 5.54 Å². The topological polar surface area (TPSA) is 3.88 Å². The zero-order valence-corrected chi connectivity index (χ0v) is 16.1. The standard InChI is InChI=1S/C23H40N/c1-2-3-4-5-6-7-8-9-10-13-18-23(19-14-11-15-20-23)24-21-16-12-17-22-24/h12,16-17,21-22H,2-11,13-15,18-20H2,1H3/q+1. The van der Waals surface area contributed by atoms with Crippen molar-refractivity contribution < 1.29 is 4.57 Å². The van der Waals surface area contributed by atoms with E-state index in [0.717, 1.165) is 0 Å². The third kappa shape index (κ3) is 6.57. The van der Waals surface area contributed by atoms with Crippen molar-refractivity contribution >= 4 is 0 Å². The molecule has 136 valence electrons. The fraction of sp³-hybridized carbons (Fsp3) is 0.783. The summed E-state index contributed by atoms with van der Waals surface area (Å²) in [6.45, 7) is 2.30. The summed E-state index contributed by atoms with van der Waals surface area (Å²) in [7, 11) is 0. The Labute approximate surface area is 150 Å². The number of hydrogen-bond donors (Lipinski definition) is 0. The largest absolute Gasteiger partial charge is 0.200 e. The van der Waals surface area contributed by atoms with E-state index in [1.165, 1.54) is 103 Å². The fourth-order valence-electron chi connectivity index (χ4n) is 4.50. The first-order valence-corrected chi connectivity index (χ1v) is 10.8. The molecule has 1 aromatic rings. The maximum absolute atomic E-state index is 2.54. The van der Waals surface area contributed by atoms with Gasteiger partial charge >= 0.3 is 0 Å². The van der Waals surface area contributed by atoms with E-state index in [-0.39, 0.29) is 0 Å². The lowest BCUT2D eigenvalue weighted by Gasteiger charge is -2.32. The first-order valence-electron chi connectivity index (χ1n) is 10.8. The Balaban J connectivity index is 1.63. The van der Waals surface area contributed by atoms with Crippen LogP contribution in [0.1, 0.15) is 110 Å². The lowest BCUT2D eigenvalue weighted by Crippen LogP contribution is -2.56. The van der Waals surface area contributed by atoms with Gasteiger partial charge in [0.15, 0.2) is 17.9 Å². The normalized spacial score (nSPS) is 17.0. The summed E-state index contributed by atoms with van der Waals surface area (Å²) in [6, 6.07) is 6.55. The van der Waals surface area contributed by atoms with Gasteiger partial charge in [-0.15, -0.1) is 0 Å². The molecular formula is C23H40N+. The van der Waals surface area contributed by atoms with Crippen molar-refractivity contribution in [1.82, 2.24) is 0 Å². The van der Waals surface area contributed by atoms with Crippen molar-refractivity contribution in [3.63, 3.8) is 0 Å². The summed E-state index contributed by atoms with van der Waals surface area (Å²) in [5.74, 6) is 0. The molecule has 0 bridgehead atoms. The molecule has 1 heterocycles. The second-order valence-corrected chi connectivity index (χ2v) is 8.00. The molecule has 1 aliphatic rings. The molecule has 1 aromatic heterocycles. The zero-order valence-electron chi connectivity index (χ0n) is 16.1. The van der Waals surface area contributed by atoms with Gasteiger partial charge in [0.05, 0.1) is 0 Å². The van der Waals surface area contributed by atoms with Crippen LogP contribution in [0.25, 0.3) is 0 Å². The molecule has 0 atom stereocenters. The van der Waals surface area contributed by atoms with E-state index in [1.54, 1.807) is 0 Å². The summed E-state index contributed by atoms with van der Waals surface area (Å²) in [4.78, 5) is 0. The van der Waals surface area contributed by atoms with Gasteiger partial charge in [-0.05, 0) is 19.3 Å². The van der Waals surface area contributed by atoms with Crippen LogP contribution in [0.3, 0.4) is 0 Å². The molecule has 1 nitrogen and oxygen atoms in total. The summed E-state index contributed by atoms with van der Waals surface area (Å²) < 4.78 is 2.54. The zero-order chi connectivity index (χ0) is 16.9. The first-order chi connectivity index (χ1) is 11.9. The van der Waals surface area contributed by atoms with Crippen LogP contribution in [0, 0.1) is 0 Å². The van der Waals surface area contributed by atoms with Crippen molar-refractivity contribution in [3.05, 3.63) is 30.6 Å². The van der Waals surface area contributed by atoms with Crippen LogP contribution in [0.15, 0.2) is 30.6 Å². The van der Waals surface area contributed by atoms with Crippen LogP contribution in [-0.2, 0) is 5.54 Å². The molecule has 24 heavy (non-hydrogen) atoms. The molecule has 0 aliphatic heterocycles. The van der Waals surface area contributed by atoms with Gasteiger partial charge in [0.25, 0.3) is 0 Å². The number of aromatic nitrogens is 1. The van der Waals surface area contributed by atoms with E-state index >= 15 is 0 Å². The Morgan fingerprint density at radius 1 is 0.667 bits per heavy atom. The predicted molar refractivity (Wildman–Crippen MR) is 104 cm³/mol. The molecule has 0 radical (unpaired) electrons. The molecule has 0 spiro atoms. The van der Waals surface area contributed by atoms with Crippen molar-refractivity contribution in [2.75, 3.05) is 0 Å². The molecule has 0 amide bonds. The fourth-order valence-corrected chi connectivity index (χ4v) is 4.50. The molecule has 0 aromatic carbocycles. The molecule has 2 rings (SSSR count). The molecule has 1 heteroatoms. The Morgan fingerprint density at radius 3 is 1.79 bits per heavy atom. The number of nitrogens with zero attached hydrogens (tertiary/aromatic N) is 1. The molecule has 1 saturated carbocycles. The molecule has 0 N–H and O–H groups in total.